The number of alkyl halides is 3. The number of hydrogen-bond donors (Lipinski definition) is 5. The Bertz CT molecular complexity index is 1710. The number of aryl methyl sites for hydroxylation is 1. The number of rotatable bonds is 12. The van der Waals surface area contributed by atoms with Gasteiger partial charge >= 0.3 is 12.1 Å². The minimum atomic E-state index is -5.08. The summed E-state index contributed by atoms with van der Waals surface area (Å²) in [4.78, 5) is 55.1. The smallest absolute Gasteiger partial charge is 0.475 e. The number of halogens is 3. The molecule has 10 nitrogen and oxygen atoms in total. The van der Waals surface area contributed by atoms with Gasteiger partial charge in [-0.15, -0.1) is 0 Å². The van der Waals surface area contributed by atoms with Crippen molar-refractivity contribution in [1.29, 1.82) is 0 Å². The third-order valence-electron chi connectivity index (χ3n) is 8.20. The van der Waals surface area contributed by atoms with Gasteiger partial charge in [-0.05, 0) is 55.0 Å². The summed E-state index contributed by atoms with van der Waals surface area (Å²) < 4.78 is 31.7. The van der Waals surface area contributed by atoms with Gasteiger partial charge in [0.1, 0.15) is 12.1 Å². The Morgan fingerprint density at radius 1 is 0.939 bits per heavy atom. The molecule has 260 valence electrons. The highest BCUT2D eigenvalue weighted by Gasteiger charge is 2.39. The Morgan fingerprint density at radius 3 is 2.18 bits per heavy atom. The van der Waals surface area contributed by atoms with Crippen LogP contribution < -0.4 is 16.4 Å². The van der Waals surface area contributed by atoms with Crippen LogP contribution in [0.15, 0.2) is 84.9 Å². The van der Waals surface area contributed by atoms with Crippen molar-refractivity contribution < 1.29 is 37.5 Å². The second kappa shape index (κ2) is 17.3. The number of carboxylic acids is 1. The molecule has 1 aromatic heterocycles. The van der Waals surface area contributed by atoms with Crippen molar-refractivity contribution in [3.05, 3.63) is 107 Å². The van der Waals surface area contributed by atoms with Gasteiger partial charge in [0, 0.05) is 36.0 Å². The van der Waals surface area contributed by atoms with Crippen molar-refractivity contribution in [1.82, 2.24) is 20.5 Å². The van der Waals surface area contributed by atoms with Gasteiger partial charge in [-0.25, -0.2) is 4.79 Å². The molecule has 4 aromatic rings. The van der Waals surface area contributed by atoms with E-state index in [-0.39, 0.29) is 30.7 Å². The summed E-state index contributed by atoms with van der Waals surface area (Å²) in [6, 6.07) is 26.0. The maximum absolute atomic E-state index is 14.2. The molecule has 6 N–H and O–H groups in total. The summed E-state index contributed by atoms with van der Waals surface area (Å²) in [5.41, 5.74) is 10.7. The molecule has 0 unspecified atom stereocenters. The van der Waals surface area contributed by atoms with Crippen molar-refractivity contribution in [2.75, 3.05) is 6.54 Å². The highest BCUT2D eigenvalue weighted by Crippen LogP contribution is 2.29. The van der Waals surface area contributed by atoms with E-state index in [1.807, 2.05) is 84.9 Å². The SMILES string of the molecule is NCCCC[C@@H](C(=O)NCc1ccccc1)N1Cc2[nH]c3ccccc3c2C[C@@H](NC(=O)CCc2ccccc2)C1=O.O=C(O)C(F)(F)F. The summed E-state index contributed by atoms with van der Waals surface area (Å²) in [7, 11) is 0. The fraction of sp³-hybridized carbons (Fsp3) is 0.333. The number of para-hydroxylation sites is 1. The second-order valence-corrected chi connectivity index (χ2v) is 11.7. The first-order valence-corrected chi connectivity index (χ1v) is 16.0. The van der Waals surface area contributed by atoms with Crippen LogP contribution in [0.1, 0.15) is 48.1 Å². The molecule has 0 aliphatic carbocycles. The zero-order valence-electron chi connectivity index (χ0n) is 26.8. The molecule has 0 spiro atoms. The van der Waals surface area contributed by atoms with Crippen LogP contribution in [-0.2, 0) is 45.1 Å². The minimum absolute atomic E-state index is 0.186. The van der Waals surface area contributed by atoms with Crippen LogP contribution in [0.4, 0.5) is 13.2 Å². The summed E-state index contributed by atoms with van der Waals surface area (Å²) in [5, 5.41) is 14.2. The van der Waals surface area contributed by atoms with Crippen LogP contribution in [0.3, 0.4) is 0 Å². The van der Waals surface area contributed by atoms with Crippen LogP contribution in [0.5, 0.6) is 0 Å². The third kappa shape index (κ3) is 10.4. The minimum Gasteiger partial charge on any atom is -0.475 e. The number of carbonyl (C=O) groups excluding carboxylic acids is 3. The fourth-order valence-corrected chi connectivity index (χ4v) is 5.72. The number of aromatic nitrogens is 1. The van der Waals surface area contributed by atoms with Crippen LogP contribution in [0, 0.1) is 0 Å². The van der Waals surface area contributed by atoms with Crippen molar-refractivity contribution in [2.45, 2.75) is 69.9 Å². The lowest BCUT2D eigenvalue weighted by atomic mass is 10.0. The number of hydrogen-bond acceptors (Lipinski definition) is 5. The topological polar surface area (TPSA) is 158 Å². The number of unbranched alkanes of at least 4 members (excludes halogenated alkanes) is 1. The van der Waals surface area contributed by atoms with E-state index in [4.69, 9.17) is 15.6 Å². The first-order valence-electron chi connectivity index (χ1n) is 16.0. The van der Waals surface area contributed by atoms with Gasteiger partial charge in [-0.1, -0.05) is 78.9 Å². The molecule has 0 fully saturated rings. The molecule has 49 heavy (non-hydrogen) atoms. The molecule has 0 saturated carbocycles. The van der Waals surface area contributed by atoms with Gasteiger partial charge in [-0.3, -0.25) is 14.4 Å². The van der Waals surface area contributed by atoms with E-state index in [9.17, 15) is 27.6 Å². The van der Waals surface area contributed by atoms with Crippen molar-refractivity contribution in [3.63, 3.8) is 0 Å². The number of aromatic amines is 1. The average Bonchev–Trinajstić information content (AvgIpc) is 3.37. The molecular weight excluding hydrogens is 639 g/mol. The summed E-state index contributed by atoms with van der Waals surface area (Å²) in [6.07, 6.45) is -1.94. The number of nitrogens with two attached hydrogens (primary N) is 1. The Hall–Kier alpha value is -5.17. The number of fused-ring (bicyclic) bond motifs is 3. The van der Waals surface area contributed by atoms with E-state index in [1.165, 1.54) is 0 Å². The fourth-order valence-electron chi connectivity index (χ4n) is 5.72. The van der Waals surface area contributed by atoms with Crippen LogP contribution >= 0.6 is 0 Å². The Labute approximate surface area is 281 Å². The Kier molecular flexibility index (Phi) is 12.9. The van der Waals surface area contributed by atoms with Crippen molar-refractivity contribution >= 4 is 34.6 Å². The number of nitrogens with zero attached hydrogens (tertiary/aromatic N) is 1. The van der Waals surface area contributed by atoms with E-state index >= 15 is 0 Å². The molecule has 0 bridgehead atoms. The van der Waals surface area contributed by atoms with Crippen LogP contribution in [0.25, 0.3) is 10.9 Å². The first kappa shape index (κ1) is 36.7. The lowest BCUT2D eigenvalue weighted by molar-refractivity contribution is -0.192. The molecule has 13 heteroatoms. The van der Waals surface area contributed by atoms with Gasteiger partial charge in [-0.2, -0.15) is 13.2 Å². The Morgan fingerprint density at radius 2 is 1.55 bits per heavy atom. The number of carboxylic acid groups (broad SMARTS) is 1. The van der Waals surface area contributed by atoms with E-state index in [1.54, 1.807) is 4.90 Å². The quantitative estimate of drug-likeness (QED) is 0.138. The predicted octanol–water partition coefficient (Wildman–Crippen LogP) is 4.62. The van der Waals surface area contributed by atoms with Crippen molar-refractivity contribution in [3.8, 4) is 0 Å². The molecule has 3 amide bonds. The molecule has 2 atom stereocenters. The lowest BCUT2D eigenvalue weighted by Crippen LogP contribution is -2.55. The zero-order valence-corrected chi connectivity index (χ0v) is 26.8. The third-order valence-corrected chi connectivity index (χ3v) is 8.20. The molecule has 1 aliphatic rings. The molecule has 0 saturated heterocycles. The van der Waals surface area contributed by atoms with Gasteiger partial charge < -0.3 is 31.4 Å². The molecule has 2 heterocycles. The average molecular weight is 680 g/mol. The number of nitrogens with one attached hydrogen (secondary N) is 3. The summed E-state index contributed by atoms with van der Waals surface area (Å²) in [6.45, 7) is 1.14. The molecular formula is C36H40F3N5O5. The first-order chi connectivity index (χ1) is 23.5. The molecule has 5 rings (SSSR count). The van der Waals surface area contributed by atoms with Crippen LogP contribution in [0.2, 0.25) is 0 Å². The number of carbonyl (C=O) groups is 4. The molecule has 3 aromatic carbocycles. The largest absolute Gasteiger partial charge is 0.490 e. The second-order valence-electron chi connectivity index (χ2n) is 11.7. The normalized spacial score (nSPS) is 15.0. The van der Waals surface area contributed by atoms with E-state index in [0.717, 1.165) is 39.7 Å². The predicted molar refractivity (Wildman–Crippen MR) is 178 cm³/mol. The number of H-pyrrole nitrogens is 1. The number of benzene rings is 3. The number of amides is 3. The van der Waals surface area contributed by atoms with Gasteiger partial charge in [0.2, 0.25) is 17.7 Å². The molecule has 1 aliphatic heterocycles. The summed E-state index contributed by atoms with van der Waals surface area (Å²) >= 11 is 0. The van der Waals surface area contributed by atoms with Gasteiger partial charge in [0.25, 0.3) is 0 Å². The molecule has 0 radical (unpaired) electrons. The van der Waals surface area contributed by atoms with Crippen LogP contribution in [-0.4, -0.2) is 63.5 Å². The highest BCUT2D eigenvalue weighted by molar-refractivity contribution is 5.94. The zero-order chi connectivity index (χ0) is 35.4. The lowest BCUT2D eigenvalue weighted by Gasteiger charge is -2.32. The Balaban J connectivity index is 0.000000698. The maximum Gasteiger partial charge on any atom is 0.490 e. The summed E-state index contributed by atoms with van der Waals surface area (Å²) in [5.74, 6) is -3.40. The van der Waals surface area contributed by atoms with Gasteiger partial charge in [0.05, 0.1) is 6.54 Å². The highest BCUT2D eigenvalue weighted by atomic mass is 19.4. The maximum atomic E-state index is 14.2. The standard InChI is InChI=1S/C34H39N5O3.C2HF3O2/c35-20-10-9-17-31(33(41)36-22-25-13-5-2-6-14-25)39-23-30-27(26-15-7-8-16-28(26)37-30)21-29(34(39)42)38-32(40)19-18-24-11-3-1-4-12-24;3-2(4,5)1(6)7/h1-8,11-16,29,31,37H,9-10,17-23,35H2,(H,36,41)(H,38,40);(H,6,7)/t29-,31+;/m1./s1. The van der Waals surface area contributed by atoms with Gasteiger partial charge in [0.15, 0.2) is 0 Å². The van der Waals surface area contributed by atoms with E-state index < -0.39 is 24.2 Å². The van der Waals surface area contributed by atoms with E-state index in [2.05, 4.69) is 15.6 Å². The van der Waals surface area contributed by atoms with Crippen molar-refractivity contribution in [2.24, 2.45) is 5.73 Å². The van der Waals surface area contributed by atoms with E-state index in [0.29, 0.717) is 38.8 Å². The number of aliphatic carboxylic acids is 1. The monoisotopic (exact) mass is 679 g/mol.